The second kappa shape index (κ2) is 15.8. The highest BCUT2D eigenvalue weighted by molar-refractivity contribution is 5.76. The molecule has 40 heavy (non-hydrogen) atoms. The molecule has 0 bridgehead atoms. The molecule has 4 N–H and O–H groups in total. The number of piperidine rings is 1. The fourth-order valence-corrected chi connectivity index (χ4v) is 5.35. The van der Waals surface area contributed by atoms with Gasteiger partial charge in [0.2, 0.25) is 11.8 Å². The van der Waals surface area contributed by atoms with Crippen molar-refractivity contribution in [3.05, 3.63) is 70.8 Å². The zero-order valence-corrected chi connectivity index (χ0v) is 23.2. The lowest BCUT2D eigenvalue weighted by molar-refractivity contribution is -0.253. The standard InChI is InChI=1S/C31H43N3O6/c35-22-24-11-13-25(14-12-24)28-19-27(21-34-17-5-2-6-18-34)39-31(40-28)26-15-9-23(10-16-26)20-32-29(36)7-3-1-4-8-30(37)33-38/h9-16,27-28,31,35,38H,1-8,17-22H2,(H,32,36)(H,33,37). The molecule has 2 aliphatic rings. The van der Waals surface area contributed by atoms with Gasteiger partial charge >= 0.3 is 0 Å². The molecule has 218 valence electrons. The quantitative estimate of drug-likeness (QED) is 0.166. The topological polar surface area (TPSA) is 120 Å². The molecule has 2 fully saturated rings. The number of hydrogen-bond acceptors (Lipinski definition) is 7. The molecule has 2 saturated heterocycles. The van der Waals surface area contributed by atoms with Crippen LogP contribution in [0.15, 0.2) is 48.5 Å². The minimum atomic E-state index is -0.484. The van der Waals surface area contributed by atoms with Gasteiger partial charge in [0.25, 0.3) is 0 Å². The third kappa shape index (κ3) is 9.38. The van der Waals surface area contributed by atoms with E-state index >= 15 is 0 Å². The summed E-state index contributed by atoms with van der Waals surface area (Å²) in [5, 5.41) is 20.9. The molecule has 9 heteroatoms. The van der Waals surface area contributed by atoms with Crippen LogP contribution < -0.4 is 10.8 Å². The Hall–Kier alpha value is -2.82. The van der Waals surface area contributed by atoms with Gasteiger partial charge in [-0.2, -0.15) is 0 Å². The van der Waals surface area contributed by atoms with Gasteiger partial charge in [-0.25, -0.2) is 5.48 Å². The Morgan fingerprint density at radius 3 is 2.15 bits per heavy atom. The predicted octanol–water partition coefficient (Wildman–Crippen LogP) is 4.28. The molecule has 2 amide bonds. The summed E-state index contributed by atoms with van der Waals surface area (Å²) >= 11 is 0. The molecule has 2 aliphatic heterocycles. The number of carbonyl (C=O) groups excluding carboxylic acids is 2. The molecule has 3 unspecified atom stereocenters. The van der Waals surface area contributed by atoms with Crippen LogP contribution in [0.2, 0.25) is 0 Å². The molecule has 2 aromatic rings. The molecular weight excluding hydrogens is 510 g/mol. The molecule has 4 rings (SSSR count). The van der Waals surface area contributed by atoms with Gasteiger partial charge in [-0.05, 0) is 55.5 Å². The molecule has 0 aromatic heterocycles. The van der Waals surface area contributed by atoms with E-state index in [-0.39, 0.29) is 31.1 Å². The van der Waals surface area contributed by atoms with Crippen molar-refractivity contribution in [2.45, 2.75) is 89.4 Å². The zero-order chi connectivity index (χ0) is 28.2. The van der Waals surface area contributed by atoms with Crippen LogP contribution in [0.4, 0.5) is 0 Å². The van der Waals surface area contributed by atoms with Crippen molar-refractivity contribution in [1.82, 2.24) is 15.7 Å². The van der Waals surface area contributed by atoms with Gasteiger partial charge in [-0.1, -0.05) is 61.4 Å². The third-order valence-corrected chi connectivity index (χ3v) is 7.70. The minimum absolute atomic E-state index is 0.0213. The summed E-state index contributed by atoms with van der Waals surface area (Å²) in [6, 6.07) is 16.0. The van der Waals surface area contributed by atoms with Crippen LogP contribution in [0.5, 0.6) is 0 Å². The molecule has 0 saturated carbocycles. The van der Waals surface area contributed by atoms with Crippen LogP contribution in [-0.4, -0.2) is 52.8 Å². The summed E-state index contributed by atoms with van der Waals surface area (Å²) in [4.78, 5) is 25.7. The van der Waals surface area contributed by atoms with Crippen LogP contribution >= 0.6 is 0 Å². The number of likely N-dealkylation sites (tertiary alicyclic amines) is 1. The maximum absolute atomic E-state index is 12.2. The van der Waals surface area contributed by atoms with E-state index in [1.807, 2.05) is 48.5 Å². The Balaban J connectivity index is 1.31. The smallest absolute Gasteiger partial charge is 0.243 e. The molecule has 2 heterocycles. The minimum Gasteiger partial charge on any atom is -0.392 e. The normalized spacial score (nSPS) is 21.6. The van der Waals surface area contributed by atoms with E-state index in [4.69, 9.17) is 14.7 Å². The number of hydroxylamine groups is 1. The van der Waals surface area contributed by atoms with Crippen molar-refractivity contribution >= 4 is 11.8 Å². The highest BCUT2D eigenvalue weighted by atomic mass is 16.7. The Kier molecular flexibility index (Phi) is 11.9. The highest BCUT2D eigenvalue weighted by Crippen LogP contribution is 2.38. The van der Waals surface area contributed by atoms with E-state index < -0.39 is 12.2 Å². The number of aliphatic hydroxyl groups is 1. The first-order valence-electron chi connectivity index (χ1n) is 14.6. The second-order valence-corrected chi connectivity index (χ2v) is 10.8. The Labute approximate surface area is 236 Å². The van der Waals surface area contributed by atoms with Gasteiger partial charge in [0, 0.05) is 37.9 Å². The molecule has 9 nitrogen and oxygen atoms in total. The maximum Gasteiger partial charge on any atom is 0.243 e. The number of benzene rings is 2. The van der Waals surface area contributed by atoms with Crippen LogP contribution in [0.3, 0.4) is 0 Å². The van der Waals surface area contributed by atoms with Gasteiger partial charge < -0.3 is 24.8 Å². The monoisotopic (exact) mass is 553 g/mol. The number of amides is 2. The fourth-order valence-electron chi connectivity index (χ4n) is 5.35. The van der Waals surface area contributed by atoms with Crippen molar-refractivity contribution < 1.29 is 29.4 Å². The number of unbranched alkanes of at least 4 members (excludes halogenated alkanes) is 2. The van der Waals surface area contributed by atoms with Gasteiger partial charge in [0.15, 0.2) is 6.29 Å². The van der Waals surface area contributed by atoms with Crippen molar-refractivity contribution in [3.63, 3.8) is 0 Å². The Morgan fingerprint density at radius 1 is 0.825 bits per heavy atom. The maximum atomic E-state index is 12.2. The lowest BCUT2D eigenvalue weighted by Crippen LogP contribution is -2.41. The summed E-state index contributed by atoms with van der Waals surface area (Å²) in [6.45, 7) is 3.58. The fraction of sp³-hybridized carbons (Fsp3) is 0.548. The van der Waals surface area contributed by atoms with E-state index in [1.165, 1.54) is 19.3 Å². The summed E-state index contributed by atoms with van der Waals surface area (Å²) in [5.41, 5.74) is 5.53. The third-order valence-electron chi connectivity index (χ3n) is 7.70. The second-order valence-electron chi connectivity index (χ2n) is 10.8. The summed E-state index contributed by atoms with van der Waals surface area (Å²) < 4.78 is 12.9. The SMILES string of the molecule is O=C(CCCCCC(=O)NCc1ccc(C2OC(CN3CCCCC3)CC(c3ccc(CO)cc3)O2)cc1)NO. The van der Waals surface area contributed by atoms with Gasteiger partial charge in [0.05, 0.1) is 18.8 Å². The first kappa shape index (κ1) is 30.1. The van der Waals surface area contributed by atoms with Crippen LogP contribution in [0, 0.1) is 0 Å². The molecular formula is C31H43N3O6. The van der Waals surface area contributed by atoms with E-state index in [9.17, 15) is 14.7 Å². The highest BCUT2D eigenvalue weighted by Gasteiger charge is 2.33. The van der Waals surface area contributed by atoms with Crippen LogP contribution in [-0.2, 0) is 32.2 Å². The summed E-state index contributed by atoms with van der Waals surface area (Å²) in [7, 11) is 0. The first-order chi connectivity index (χ1) is 19.5. The molecule has 0 aliphatic carbocycles. The molecule has 3 atom stereocenters. The lowest BCUT2D eigenvalue weighted by atomic mass is 9.99. The van der Waals surface area contributed by atoms with Crippen molar-refractivity contribution in [3.8, 4) is 0 Å². The molecule has 0 radical (unpaired) electrons. The summed E-state index contributed by atoms with van der Waals surface area (Å²) in [6.07, 6.45) is 6.77. The first-order valence-corrected chi connectivity index (χ1v) is 14.6. The number of nitrogens with zero attached hydrogens (tertiary/aromatic N) is 1. The van der Waals surface area contributed by atoms with Crippen LogP contribution in [0.25, 0.3) is 0 Å². The van der Waals surface area contributed by atoms with Crippen molar-refractivity contribution in [2.75, 3.05) is 19.6 Å². The van der Waals surface area contributed by atoms with Crippen molar-refractivity contribution in [2.24, 2.45) is 0 Å². The predicted molar refractivity (Wildman–Crippen MR) is 150 cm³/mol. The lowest BCUT2D eigenvalue weighted by Gasteiger charge is -2.39. The zero-order valence-electron chi connectivity index (χ0n) is 23.2. The summed E-state index contributed by atoms with van der Waals surface area (Å²) in [5.74, 6) is -0.424. The van der Waals surface area contributed by atoms with Gasteiger partial charge in [-0.15, -0.1) is 0 Å². The number of nitrogens with one attached hydrogen (secondary N) is 2. The van der Waals surface area contributed by atoms with Gasteiger partial charge in [-0.3, -0.25) is 14.8 Å². The van der Waals surface area contributed by atoms with E-state index in [0.29, 0.717) is 25.8 Å². The largest absolute Gasteiger partial charge is 0.392 e. The van der Waals surface area contributed by atoms with Crippen LogP contribution in [0.1, 0.15) is 92.4 Å². The number of aliphatic hydroxyl groups excluding tert-OH is 1. The molecule has 2 aromatic carbocycles. The Morgan fingerprint density at radius 2 is 1.48 bits per heavy atom. The number of hydrogen-bond donors (Lipinski definition) is 4. The average Bonchev–Trinajstić information content (AvgIpc) is 3.00. The number of carbonyl (C=O) groups is 2. The van der Waals surface area contributed by atoms with Gasteiger partial charge in [0.1, 0.15) is 0 Å². The average molecular weight is 554 g/mol. The number of rotatable bonds is 13. The number of ether oxygens (including phenoxy) is 2. The van der Waals surface area contributed by atoms with Crippen molar-refractivity contribution in [1.29, 1.82) is 0 Å². The van der Waals surface area contributed by atoms with E-state index in [2.05, 4.69) is 10.2 Å². The van der Waals surface area contributed by atoms with E-state index in [1.54, 1.807) is 5.48 Å². The molecule has 0 spiro atoms. The Bertz CT molecular complexity index is 1060. The van der Waals surface area contributed by atoms with E-state index in [0.717, 1.165) is 54.7 Å².